The Balaban J connectivity index is 2.22. The second-order valence-corrected chi connectivity index (χ2v) is 5.16. The fourth-order valence-corrected chi connectivity index (χ4v) is 2.11. The summed E-state index contributed by atoms with van der Waals surface area (Å²) in [5.41, 5.74) is 8.58. The highest BCUT2D eigenvalue weighted by atomic mass is 16.5. The van der Waals surface area contributed by atoms with Crippen molar-refractivity contribution in [2.45, 2.75) is 19.8 Å². The molecule has 4 nitrogen and oxygen atoms in total. The van der Waals surface area contributed by atoms with Crippen molar-refractivity contribution in [2.24, 2.45) is 0 Å². The Bertz CT molecular complexity index is 634. The van der Waals surface area contributed by atoms with Crippen molar-refractivity contribution in [3.63, 3.8) is 0 Å². The van der Waals surface area contributed by atoms with E-state index in [-0.39, 0.29) is 5.91 Å². The van der Waals surface area contributed by atoms with Crippen LogP contribution in [0.4, 0.5) is 11.4 Å². The van der Waals surface area contributed by atoms with Gasteiger partial charge in [-0.15, -0.1) is 0 Å². The number of carbonyl (C=O) groups excluding carboxylic acids is 1. The van der Waals surface area contributed by atoms with Gasteiger partial charge in [0.2, 0.25) is 0 Å². The van der Waals surface area contributed by atoms with Crippen molar-refractivity contribution in [2.75, 3.05) is 18.2 Å². The highest BCUT2D eigenvalue weighted by molar-refractivity contribution is 6.09. The Labute approximate surface area is 124 Å². The molecule has 2 rings (SSSR count). The largest absolute Gasteiger partial charge is 0.496 e. The highest BCUT2D eigenvalue weighted by Gasteiger charge is 2.15. The number of nitrogens with two attached hydrogens (primary N) is 1. The van der Waals surface area contributed by atoms with E-state index >= 15 is 0 Å². The SMILES string of the molecule is COc1cccc(N)c1C(=O)Nc1ccc(C(C)C)cc1. The minimum absolute atomic E-state index is 0.276. The van der Waals surface area contributed by atoms with Crippen LogP contribution >= 0.6 is 0 Å². The molecule has 2 aromatic rings. The molecule has 0 heterocycles. The molecule has 0 fully saturated rings. The number of ether oxygens (including phenoxy) is 1. The topological polar surface area (TPSA) is 64.3 Å². The Morgan fingerprint density at radius 3 is 2.38 bits per heavy atom. The zero-order valence-electron chi connectivity index (χ0n) is 12.5. The summed E-state index contributed by atoms with van der Waals surface area (Å²) in [6, 6.07) is 12.9. The van der Waals surface area contributed by atoms with Crippen molar-refractivity contribution in [3.05, 3.63) is 53.6 Å². The van der Waals surface area contributed by atoms with Crippen LogP contribution in [0.3, 0.4) is 0 Å². The van der Waals surface area contributed by atoms with Crippen molar-refractivity contribution in [1.29, 1.82) is 0 Å². The molecule has 0 aliphatic heterocycles. The molecule has 2 aromatic carbocycles. The van der Waals surface area contributed by atoms with Crippen LogP contribution in [0, 0.1) is 0 Å². The average Bonchev–Trinajstić information content (AvgIpc) is 2.47. The number of nitrogens with one attached hydrogen (secondary N) is 1. The van der Waals surface area contributed by atoms with Crippen LogP contribution in [-0.4, -0.2) is 13.0 Å². The molecule has 110 valence electrons. The van der Waals surface area contributed by atoms with E-state index in [0.29, 0.717) is 22.9 Å². The maximum absolute atomic E-state index is 12.4. The van der Waals surface area contributed by atoms with Gasteiger partial charge in [0.25, 0.3) is 5.91 Å². The summed E-state index contributed by atoms with van der Waals surface area (Å²) in [7, 11) is 1.52. The molecular weight excluding hydrogens is 264 g/mol. The summed E-state index contributed by atoms with van der Waals surface area (Å²) in [6.45, 7) is 4.26. The van der Waals surface area contributed by atoms with Gasteiger partial charge in [0.05, 0.1) is 7.11 Å². The van der Waals surface area contributed by atoms with E-state index in [4.69, 9.17) is 10.5 Å². The van der Waals surface area contributed by atoms with Crippen LogP contribution in [0.25, 0.3) is 0 Å². The Morgan fingerprint density at radius 1 is 1.14 bits per heavy atom. The van der Waals surface area contributed by atoms with Gasteiger partial charge >= 0.3 is 0 Å². The molecule has 0 atom stereocenters. The number of hydrogen-bond donors (Lipinski definition) is 2. The first kappa shape index (κ1) is 14.9. The molecule has 0 radical (unpaired) electrons. The first-order valence-electron chi connectivity index (χ1n) is 6.86. The third-order valence-electron chi connectivity index (χ3n) is 3.34. The number of amides is 1. The van der Waals surface area contributed by atoms with Gasteiger partial charge < -0.3 is 15.8 Å². The van der Waals surface area contributed by atoms with E-state index in [1.54, 1.807) is 18.2 Å². The van der Waals surface area contributed by atoms with Gasteiger partial charge in [-0.1, -0.05) is 32.0 Å². The number of nitrogen functional groups attached to an aromatic ring is 1. The van der Waals surface area contributed by atoms with Gasteiger partial charge in [-0.3, -0.25) is 4.79 Å². The van der Waals surface area contributed by atoms with E-state index in [1.807, 2.05) is 24.3 Å². The molecule has 3 N–H and O–H groups in total. The first-order valence-corrected chi connectivity index (χ1v) is 6.86. The summed E-state index contributed by atoms with van der Waals surface area (Å²) in [5.74, 6) is 0.646. The molecule has 0 saturated heterocycles. The van der Waals surface area contributed by atoms with E-state index in [0.717, 1.165) is 5.69 Å². The molecule has 1 amide bonds. The van der Waals surface area contributed by atoms with E-state index < -0.39 is 0 Å². The Kier molecular flexibility index (Phi) is 4.48. The summed E-state index contributed by atoms with van der Waals surface area (Å²) >= 11 is 0. The zero-order valence-corrected chi connectivity index (χ0v) is 12.5. The van der Waals surface area contributed by atoms with Crippen LogP contribution < -0.4 is 15.8 Å². The molecule has 0 spiro atoms. The molecule has 21 heavy (non-hydrogen) atoms. The van der Waals surface area contributed by atoms with Crippen LogP contribution in [-0.2, 0) is 0 Å². The van der Waals surface area contributed by atoms with Gasteiger partial charge in [0.15, 0.2) is 0 Å². The van der Waals surface area contributed by atoms with Crippen LogP contribution in [0.15, 0.2) is 42.5 Å². The van der Waals surface area contributed by atoms with E-state index in [1.165, 1.54) is 12.7 Å². The summed E-state index contributed by atoms with van der Waals surface area (Å²) in [6.07, 6.45) is 0. The second-order valence-electron chi connectivity index (χ2n) is 5.16. The maximum Gasteiger partial charge on any atom is 0.261 e. The van der Waals surface area contributed by atoms with Gasteiger partial charge in [-0.05, 0) is 35.7 Å². The van der Waals surface area contributed by atoms with Crippen LogP contribution in [0.5, 0.6) is 5.75 Å². The predicted octanol–water partition coefficient (Wildman–Crippen LogP) is 3.65. The highest BCUT2D eigenvalue weighted by Crippen LogP contribution is 2.25. The van der Waals surface area contributed by atoms with Gasteiger partial charge in [-0.25, -0.2) is 0 Å². The summed E-state index contributed by atoms with van der Waals surface area (Å²) in [5, 5.41) is 2.84. The fraction of sp³-hybridized carbons (Fsp3) is 0.235. The van der Waals surface area contributed by atoms with Crippen LogP contribution in [0.1, 0.15) is 35.7 Å². The number of carbonyl (C=O) groups is 1. The molecular formula is C17H20N2O2. The number of benzene rings is 2. The standard InChI is InChI=1S/C17H20N2O2/c1-11(2)12-7-9-13(10-8-12)19-17(20)16-14(18)5-4-6-15(16)21-3/h4-11H,18H2,1-3H3,(H,19,20). The lowest BCUT2D eigenvalue weighted by Gasteiger charge is -2.12. The van der Waals surface area contributed by atoms with Crippen LogP contribution in [0.2, 0.25) is 0 Å². The van der Waals surface area contributed by atoms with Crippen molar-refractivity contribution in [1.82, 2.24) is 0 Å². The van der Waals surface area contributed by atoms with Gasteiger partial charge in [0, 0.05) is 11.4 Å². The number of rotatable bonds is 4. The number of hydrogen-bond acceptors (Lipinski definition) is 3. The molecule has 0 saturated carbocycles. The number of methoxy groups -OCH3 is 1. The Hall–Kier alpha value is -2.49. The van der Waals surface area contributed by atoms with Crippen molar-refractivity contribution in [3.8, 4) is 5.75 Å². The molecule has 0 aromatic heterocycles. The van der Waals surface area contributed by atoms with E-state index in [2.05, 4.69) is 19.2 Å². The Morgan fingerprint density at radius 2 is 1.81 bits per heavy atom. The van der Waals surface area contributed by atoms with E-state index in [9.17, 15) is 4.79 Å². The molecule has 0 unspecified atom stereocenters. The first-order chi connectivity index (χ1) is 10.0. The number of anilines is 2. The molecule has 0 aliphatic carbocycles. The normalized spacial score (nSPS) is 10.5. The lowest BCUT2D eigenvalue weighted by Crippen LogP contribution is -2.15. The summed E-state index contributed by atoms with van der Waals surface area (Å²) in [4.78, 5) is 12.4. The minimum atomic E-state index is -0.276. The minimum Gasteiger partial charge on any atom is -0.496 e. The fourth-order valence-electron chi connectivity index (χ4n) is 2.11. The third kappa shape index (κ3) is 3.34. The van der Waals surface area contributed by atoms with Gasteiger partial charge in [-0.2, -0.15) is 0 Å². The zero-order chi connectivity index (χ0) is 15.4. The molecule has 4 heteroatoms. The average molecular weight is 284 g/mol. The second kappa shape index (κ2) is 6.31. The quantitative estimate of drug-likeness (QED) is 0.842. The van der Waals surface area contributed by atoms with Crippen molar-refractivity contribution >= 4 is 17.3 Å². The maximum atomic E-state index is 12.4. The lowest BCUT2D eigenvalue weighted by molar-refractivity contribution is 0.102. The lowest BCUT2D eigenvalue weighted by atomic mass is 10.0. The third-order valence-corrected chi connectivity index (χ3v) is 3.34. The van der Waals surface area contributed by atoms with Gasteiger partial charge in [0.1, 0.15) is 11.3 Å². The monoisotopic (exact) mass is 284 g/mol. The smallest absolute Gasteiger partial charge is 0.261 e. The van der Waals surface area contributed by atoms with Crippen molar-refractivity contribution < 1.29 is 9.53 Å². The molecule has 0 aliphatic rings. The summed E-state index contributed by atoms with van der Waals surface area (Å²) < 4.78 is 5.19. The predicted molar refractivity (Wildman–Crippen MR) is 85.9 cm³/mol. The molecule has 0 bridgehead atoms.